The number of hydrogen-bond acceptors (Lipinski definition) is 5. The van der Waals surface area contributed by atoms with Gasteiger partial charge in [-0.3, -0.25) is 9.59 Å². The van der Waals surface area contributed by atoms with Crippen LogP contribution in [0.4, 0.5) is 0 Å². The number of carbonyl (C=O) groups excluding carboxylic acids is 1. The number of amides is 1. The molecule has 2 aromatic heterocycles. The zero-order valence-corrected chi connectivity index (χ0v) is 16.7. The zero-order valence-electron chi connectivity index (χ0n) is 16.7. The molecular weight excluding hydrogens is 370 g/mol. The molecule has 150 valence electrons. The first-order valence-electron chi connectivity index (χ1n) is 9.51. The molecule has 0 saturated carbocycles. The molecule has 29 heavy (non-hydrogen) atoms. The standard InChI is InChI=1S/C22H23N3O4/c1-14-11-16(26)12-18(24(14)2)22(27)25-10-9-19-17(13-25)23-21(29-19)20(28-3)15-7-5-4-6-8-15/h4-8,11-12,20H,9-10,13H2,1-3H3. The average Bonchev–Trinajstić information content (AvgIpc) is 3.14. The van der Waals surface area contributed by atoms with Gasteiger partial charge in [0.1, 0.15) is 17.1 Å². The molecule has 7 heteroatoms. The van der Waals surface area contributed by atoms with Crippen molar-refractivity contribution >= 4 is 5.91 Å². The molecule has 0 saturated heterocycles. The fourth-order valence-electron chi connectivity index (χ4n) is 3.64. The van der Waals surface area contributed by atoms with E-state index in [4.69, 9.17) is 9.15 Å². The van der Waals surface area contributed by atoms with Gasteiger partial charge in [-0.15, -0.1) is 0 Å². The monoisotopic (exact) mass is 393 g/mol. The molecule has 3 aromatic rings. The lowest BCUT2D eigenvalue weighted by Crippen LogP contribution is -2.37. The normalized spacial score (nSPS) is 14.5. The number of hydrogen-bond donors (Lipinski definition) is 0. The van der Waals surface area contributed by atoms with Gasteiger partial charge in [0.05, 0.1) is 6.54 Å². The third-order valence-corrected chi connectivity index (χ3v) is 5.33. The van der Waals surface area contributed by atoms with Crippen LogP contribution in [-0.4, -0.2) is 34.0 Å². The number of oxazole rings is 1. The van der Waals surface area contributed by atoms with Crippen LogP contribution in [0.15, 0.2) is 51.7 Å². The predicted molar refractivity (Wildman–Crippen MR) is 107 cm³/mol. The SMILES string of the molecule is COC(c1ccccc1)c1nc2c(o1)CCN(C(=O)c1cc(=O)cc(C)n1C)C2. The summed E-state index contributed by atoms with van der Waals surface area (Å²) >= 11 is 0. The van der Waals surface area contributed by atoms with Crippen molar-refractivity contribution in [3.8, 4) is 0 Å². The van der Waals surface area contributed by atoms with Crippen LogP contribution < -0.4 is 5.43 Å². The van der Waals surface area contributed by atoms with Crippen LogP contribution in [0.25, 0.3) is 0 Å². The molecule has 0 bridgehead atoms. The molecule has 1 aliphatic rings. The van der Waals surface area contributed by atoms with Crippen molar-refractivity contribution in [2.24, 2.45) is 7.05 Å². The average molecular weight is 393 g/mol. The summed E-state index contributed by atoms with van der Waals surface area (Å²) in [5.74, 6) is 1.08. The van der Waals surface area contributed by atoms with Crippen molar-refractivity contribution in [1.82, 2.24) is 14.5 Å². The molecular formula is C22H23N3O4. The van der Waals surface area contributed by atoms with Crippen molar-refractivity contribution in [3.63, 3.8) is 0 Å². The van der Waals surface area contributed by atoms with Gasteiger partial charge in [0.15, 0.2) is 11.5 Å². The highest BCUT2D eigenvalue weighted by Gasteiger charge is 2.29. The van der Waals surface area contributed by atoms with Gasteiger partial charge in [0.2, 0.25) is 5.89 Å². The van der Waals surface area contributed by atoms with E-state index in [0.717, 1.165) is 22.7 Å². The molecule has 1 atom stereocenters. The zero-order chi connectivity index (χ0) is 20.5. The Morgan fingerprint density at radius 2 is 2.00 bits per heavy atom. The molecule has 0 fully saturated rings. The number of aromatic nitrogens is 2. The fourth-order valence-corrected chi connectivity index (χ4v) is 3.64. The lowest BCUT2D eigenvalue weighted by molar-refractivity contribution is 0.0716. The Kier molecular flexibility index (Phi) is 5.07. The molecule has 4 rings (SSSR count). The summed E-state index contributed by atoms with van der Waals surface area (Å²) in [7, 11) is 3.41. The minimum atomic E-state index is -0.399. The van der Waals surface area contributed by atoms with Gasteiger partial charge in [-0.2, -0.15) is 0 Å². The molecule has 0 aliphatic carbocycles. The van der Waals surface area contributed by atoms with Gasteiger partial charge < -0.3 is 18.6 Å². The number of benzene rings is 1. The van der Waals surface area contributed by atoms with E-state index in [1.165, 1.54) is 12.1 Å². The summed E-state index contributed by atoms with van der Waals surface area (Å²) < 4.78 is 13.3. The molecule has 0 radical (unpaired) electrons. The largest absolute Gasteiger partial charge is 0.442 e. The maximum absolute atomic E-state index is 13.0. The molecule has 0 spiro atoms. The lowest BCUT2D eigenvalue weighted by Gasteiger charge is -2.26. The third kappa shape index (κ3) is 3.61. The van der Waals surface area contributed by atoms with Gasteiger partial charge in [-0.1, -0.05) is 30.3 Å². The van der Waals surface area contributed by atoms with Crippen LogP contribution >= 0.6 is 0 Å². The van der Waals surface area contributed by atoms with Crippen molar-refractivity contribution in [3.05, 3.63) is 87.0 Å². The van der Waals surface area contributed by atoms with Crippen molar-refractivity contribution in [1.29, 1.82) is 0 Å². The maximum Gasteiger partial charge on any atom is 0.270 e. The second kappa shape index (κ2) is 7.67. The number of ether oxygens (including phenoxy) is 1. The number of aryl methyl sites for hydroxylation is 1. The smallest absolute Gasteiger partial charge is 0.270 e. The quantitative estimate of drug-likeness (QED) is 0.681. The molecule has 1 aromatic carbocycles. The van der Waals surface area contributed by atoms with Crippen molar-refractivity contribution < 1.29 is 13.9 Å². The van der Waals surface area contributed by atoms with Crippen LogP contribution in [0.5, 0.6) is 0 Å². The molecule has 7 nitrogen and oxygen atoms in total. The highest BCUT2D eigenvalue weighted by atomic mass is 16.5. The summed E-state index contributed by atoms with van der Waals surface area (Å²) in [6.07, 6.45) is 0.169. The molecule has 1 unspecified atom stereocenters. The fraction of sp³-hybridized carbons (Fsp3) is 0.318. The second-order valence-electron chi connectivity index (χ2n) is 7.20. The Balaban J connectivity index is 1.60. The van der Waals surface area contributed by atoms with E-state index in [-0.39, 0.29) is 11.3 Å². The molecule has 0 N–H and O–H groups in total. The first-order valence-corrected chi connectivity index (χ1v) is 9.51. The van der Waals surface area contributed by atoms with E-state index >= 15 is 0 Å². The van der Waals surface area contributed by atoms with E-state index in [2.05, 4.69) is 4.98 Å². The summed E-state index contributed by atoms with van der Waals surface area (Å²) in [4.78, 5) is 31.2. The Labute approximate surface area is 168 Å². The molecule has 1 amide bonds. The van der Waals surface area contributed by atoms with Crippen LogP contribution in [0, 0.1) is 6.92 Å². The number of pyridine rings is 1. The summed E-state index contributed by atoms with van der Waals surface area (Å²) in [5, 5.41) is 0. The van der Waals surface area contributed by atoms with Crippen molar-refractivity contribution in [2.75, 3.05) is 13.7 Å². The van der Waals surface area contributed by atoms with E-state index in [1.54, 1.807) is 23.6 Å². The van der Waals surface area contributed by atoms with Crippen LogP contribution in [0.2, 0.25) is 0 Å². The molecule has 3 heterocycles. The summed E-state index contributed by atoms with van der Waals surface area (Å²) in [5.41, 5.74) is 2.64. The Bertz CT molecular complexity index is 1100. The van der Waals surface area contributed by atoms with Crippen LogP contribution in [-0.2, 0) is 24.8 Å². The Morgan fingerprint density at radius 1 is 1.24 bits per heavy atom. The van der Waals surface area contributed by atoms with Gasteiger partial charge >= 0.3 is 0 Å². The Morgan fingerprint density at radius 3 is 2.72 bits per heavy atom. The maximum atomic E-state index is 13.0. The van der Waals surface area contributed by atoms with E-state index in [0.29, 0.717) is 31.1 Å². The highest BCUT2D eigenvalue weighted by Crippen LogP contribution is 2.29. The van der Waals surface area contributed by atoms with Crippen LogP contribution in [0.1, 0.15) is 45.2 Å². The van der Waals surface area contributed by atoms with E-state index in [9.17, 15) is 9.59 Å². The van der Waals surface area contributed by atoms with E-state index < -0.39 is 6.10 Å². The summed E-state index contributed by atoms with van der Waals surface area (Å²) in [6, 6.07) is 12.7. The summed E-state index contributed by atoms with van der Waals surface area (Å²) in [6.45, 7) is 2.65. The predicted octanol–water partition coefficient (Wildman–Crippen LogP) is 2.62. The number of carbonyl (C=O) groups is 1. The second-order valence-corrected chi connectivity index (χ2v) is 7.20. The van der Waals surface area contributed by atoms with Gasteiger partial charge in [0, 0.05) is 44.9 Å². The minimum absolute atomic E-state index is 0.170. The molecule has 1 aliphatic heterocycles. The highest BCUT2D eigenvalue weighted by molar-refractivity contribution is 5.92. The number of methoxy groups -OCH3 is 1. The van der Waals surface area contributed by atoms with Gasteiger partial charge in [-0.05, 0) is 12.5 Å². The Hall–Kier alpha value is -3.19. The third-order valence-electron chi connectivity index (χ3n) is 5.33. The van der Waals surface area contributed by atoms with Gasteiger partial charge in [-0.25, -0.2) is 4.98 Å². The van der Waals surface area contributed by atoms with Crippen molar-refractivity contribution in [2.45, 2.75) is 26.0 Å². The first-order chi connectivity index (χ1) is 14.0. The van der Waals surface area contributed by atoms with Gasteiger partial charge in [0.25, 0.3) is 5.91 Å². The topological polar surface area (TPSA) is 77.6 Å². The number of rotatable bonds is 4. The number of fused-ring (bicyclic) bond motifs is 1. The minimum Gasteiger partial charge on any atom is -0.442 e. The lowest BCUT2D eigenvalue weighted by atomic mass is 10.1. The number of nitrogens with zero attached hydrogens (tertiary/aromatic N) is 3. The first kappa shape index (κ1) is 19.1. The van der Waals surface area contributed by atoms with Crippen LogP contribution in [0.3, 0.4) is 0 Å². The van der Waals surface area contributed by atoms with E-state index in [1.807, 2.05) is 37.3 Å².